The number of anilines is 2. The second-order valence-corrected chi connectivity index (χ2v) is 8.81. The molecule has 30 heavy (non-hydrogen) atoms. The lowest BCUT2D eigenvalue weighted by Gasteiger charge is -2.33. The van der Waals surface area contributed by atoms with Gasteiger partial charge in [0.05, 0.1) is 12.1 Å². The van der Waals surface area contributed by atoms with Crippen LogP contribution in [0.25, 0.3) is 10.9 Å². The van der Waals surface area contributed by atoms with E-state index in [1.165, 1.54) is 18.6 Å². The van der Waals surface area contributed by atoms with Crippen LogP contribution >= 0.6 is 0 Å². The third kappa shape index (κ3) is 3.34. The van der Waals surface area contributed by atoms with Crippen molar-refractivity contribution in [1.29, 1.82) is 0 Å². The molecule has 3 heterocycles. The maximum Gasteiger partial charge on any atom is 0.228 e. The molecule has 0 amide bonds. The smallest absolute Gasteiger partial charge is 0.228 e. The minimum atomic E-state index is -0.258. The molecule has 1 saturated carbocycles. The summed E-state index contributed by atoms with van der Waals surface area (Å²) in [5.74, 6) is 3.88. The Bertz CT molecular complexity index is 1070. The SMILES string of the molecule is Fc1ccc2c(N3CC4CC4C3)nc(N3CCCC(Oc4ccccc4)C3)nc2c1. The van der Waals surface area contributed by atoms with Crippen molar-refractivity contribution < 1.29 is 9.13 Å². The second kappa shape index (κ2) is 7.11. The van der Waals surface area contributed by atoms with Gasteiger partial charge in [-0.15, -0.1) is 0 Å². The second-order valence-electron chi connectivity index (χ2n) is 8.81. The van der Waals surface area contributed by atoms with E-state index in [9.17, 15) is 4.39 Å². The van der Waals surface area contributed by atoms with E-state index in [4.69, 9.17) is 14.7 Å². The summed E-state index contributed by atoms with van der Waals surface area (Å²) in [6.07, 6.45) is 3.46. The van der Waals surface area contributed by atoms with E-state index < -0.39 is 0 Å². The molecule has 0 N–H and O–H groups in total. The molecule has 0 spiro atoms. The van der Waals surface area contributed by atoms with Gasteiger partial charge < -0.3 is 14.5 Å². The largest absolute Gasteiger partial charge is 0.489 e. The van der Waals surface area contributed by atoms with Crippen molar-refractivity contribution in [1.82, 2.24) is 9.97 Å². The van der Waals surface area contributed by atoms with Crippen LogP contribution in [-0.2, 0) is 0 Å². The molecule has 6 rings (SSSR count). The van der Waals surface area contributed by atoms with Crippen LogP contribution in [0.15, 0.2) is 48.5 Å². The summed E-state index contributed by atoms with van der Waals surface area (Å²) in [5.41, 5.74) is 0.682. The molecule has 5 nitrogen and oxygen atoms in total. The van der Waals surface area contributed by atoms with E-state index in [0.717, 1.165) is 67.8 Å². The van der Waals surface area contributed by atoms with Gasteiger partial charge in [-0.3, -0.25) is 0 Å². The van der Waals surface area contributed by atoms with Gasteiger partial charge in [0.15, 0.2) is 0 Å². The lowest BCUT2D eigenvalue weighted by Crippen LogP contribution is -2.42. The van der Waals surface area contributed by atoms with Gasteiger partial charge >= 0.3 is 0 Å². The van der Waals surface area contributed by atoms with Crippen LogP contribution in [0.3, 0.4) is 0 Å². The van der Waals surface area contributed by atoms with Gasteiger partial charge in [-0.2, -0.15) is 4.98 Å². The third-order valence-corrected chi connectivity index (χ3v) is 6.61. The minimum absolute atomic E-state index is 0.0934. The minimum Gasteiger partial charge on any atom is -0.489 e. The third-order valence-electron chi connectivity index (χ3n) is 6.61. The van der Waals surface area contributed by atoms with Gasteiger partial charge in [0.2, 0.25) is 5.95 Å². The maximum absolute atomic E-state index is 14.0. The Morgan fingerprint density at radius 2 is 1.77 bits per heavy atom. The van der Waals surface area contributed by atoms with E-state index in [2.05, 4.69) is 9.80 Å². The van der Waals surface area contributed by atoms with Crippen molar-refractivity contribution in [3.05, 3.63) is 54.3 Å². The van der Waals surface area contributed by atoms with Crippen molar-refractivity contribution >= 4 is 22.7 Å². The molecule has 0 radical (unpaired) electrons. The van der Waals surface area contributed by atoms with Crippen molar-refractivity contribution in [3.63, 3.8) is 0 Å². The predicted molar refractivity (Wildman–Crippen MR) is 116 cm³/mol. The summed E-state index contributed by atoms with van der Waals surface area (Å²) in [6.45, 7) is 3.72. The van der Waals surface area contributed by atoms with Crippen LogP contribution in [0.5, 0.6) is 5.75 Å². The molecule has 1 aromatic heterocycles. The molecule has 3 aromatic rings. The standard InChI is InChI=1S/C24H25FN4O/c25-18-8-9-21-22(12-18)26-24(27-23(21)29-13-16-11-17(16)14-29)28-10-4-7-20(15-28)30-19-5-2-1-3-6-19/h1-3,5-6,8-9,12,16-17,20H,4,7,10-11,13-15H2. The van der Waals surface area contributed by atoms with Gasteiger partial charge in [0, 0.05) is 31.1 Å². The van der Waals surface area contributed by atoms with Crippen LogP contribution in [-0.4, -0.2) is 42.3 Å². The molecule has 2 saturated heterocycles. The van der Waals surface area contributed by atoms with Crippen molar-refractivity contribution in [2.75, 3.05) is 36.0 Å². The molecule has 0 bridgehead atoms. The fraction of sp³-hybridized carbons (Fsp3) is 0.417. The highest BCUT2D eigenvalue weighted by Crippen LogP contribution is 2.47. The van der Waals surface area contributed by atoms with E-state index in [-0.39, 0.29) is 11.9 Å². The summed E-state index contributed by atoms with van der Waals surface area (Å²) in [4.78, 5) is 14.3. The number of rotatable bonds is 4. The summed E-state index contributed by atoms with van der Waals surface area (Å²) in [5, 5.41) is 0.940. The quantitative estimate of drug-likeness (QED) is 0.650. The molecule has 3 atom stereocenters. The van der Waals surface area contributed by atoms with E-state index >= 15 is 0 Å². The summed E-state index contributed by atoms with van der Waals surface area (Å²) in [7, 11) is 0. The number of benzene rings is 2. The van der Waals surface area contributed by atoms with E-state index in [1.54, 1.807) is 0 Å². The number of hydrogen-bond acceptors (Lipinski definition) is 5. The van der Waals surface area contributed by atoms with Gasteiger partial charge in [0.1, 0.15) is 23.5 Å². The first-order chi connectivity index (χ1) is 14.7. The molecule has 3 fully saturated rings. The lowest BCUT2D eigenvalue weighted by atomic mass is 10.1. The van der Waals surface area contributed by atoms with E-state index in [1.807, 2.05) is 36.4 Å². The molecule has 3 unspecified atom stereocenters. The molecular formula is C24H25FN4O. The molecule has 2 aliphatic heterocycles. The first-order valence-electron chi connectivity index (χ1n) is 10.9. The molecule has 154 valence electrons. The van der Waals surface area contributed by atoms with Crippen LogP contribution < -0.4 is 14.5 Å². The van der Waals surface area contributed by atoms with Crippen molar-refractivity contribution in [2.24, 2.45) is 11.8 Å². The topological polar surface area (TPSA) is 41.5 Å². The Morgan fingerprint density at radius 1 is 0.933 bits per heavy atom. The average molecular weight is 404 g/mol. The number of fused-ring (bicyclic) bond motifs is 2. The zero-order valence-electron chi connectivity index (χ0n) is 16.9. The van der Waals surface area contributed by atoms with Crippen molar-refractivity contribution in [2.45, 2.75) is 25.4 Å². The zero-order valence-corrected chi connectivity index (χ0v) is 16.9. The number of nitrogens with zero attached hydrogens (tertiary/aromatic N) is 4. The Hall–Kier alpha value is -2.89. The van der Waals surface area contributed by atoms with Gasteiger partial charge in [0.25, 0.3) is 0 Å². The van der Waals surface area contributed by atoms with Crippen LogP contribution in [0.4, 0.5) is 16.2 Å². The first-order valence-corrected chi connectivity index (χ1v) is 10.9. The summed E-state index contributed by atoms with van der Waals surface area (Å²) < 4.78 is 20.2. The monoisotopic (exact) mass is 404 g/mol. The lowest BCUT2D eigenvalue weighted by molar-refractivity contribution is 0.178. The Balaban J connectivity index is 1.31. The highest BCUT2D eigenvalue weighted by molar-refractivity contribution is 5.91. The van der Waals surface area contributed by atoms with Crippen LogP contribution in [0.1, 0.15) is 19.3 Å². The van der Waals surface area contributed by atoms with Crippen LogP contribution in [0, 0.1) is 17.7 Å². The molecular weight excluding hydrogens is 379 g/mol. The summed E-state index contributed by atoms with van der Waals surface area (Å²) >= 11 is 0. The fourth-order valence-corrected chi connectivity index (χ4v) is 4.94. The fourth-order valence-electron chi connectivity index (χ4n) is 4.94. The number of piperidine rings is 2. The average Bonchev–Trinajstić information content (AvgIpc) is 3.38. The highest BCUT2D eigenvalue weighted by atomic mass is 19.1. The Labute approximate surface area is 175 Å². The summed E-state index contributed by atoms with van der Waals surface area (Å²) in [6, 6.07) is 14.8. The number of hydrogen-bond donors (Lipinski definition) is 0. The van der Waals surface area contributed by atoms with Gasteiger partial charge in [-0.1, -0.05) is 18.2 Å². The number of aromatic nitrogens is 2. The van der Waals surface area contributed by atoms with Crippen LogP contribution in [0.2, 0.25) is 0 Å². The molecule has 3 aliphatic rings. The Morgan fingerprint density at radius 3 is 2.60 bits per heavy atom. The molecule has 2 aromatic carbocycles. The van der Waals surface area contributed by atoms with Gasteiger partial charge in [-0.25, -0.2) is 9.37 Å². The zero-order chi connectivity index (χ0) is 20.1. The van der Waals surface area contributed by atoms with Crippen molar-refractivity contribution in [3.8, 4) is 5.75 Å². The van der Waals surface area contributed by atoms with E-state index in [0.29, 0.717) is 11.5 Å². The van der Waals surface area contributed by atoms with Gasteiger partial charge in [-0.05, 0) is 55.4 Å². The normalized spacial score (nSPS) is 25.4. The predicted octanol–water partition coefficient (Wildman–Crippen LogP) is 4.27. The molecule has 6 heteroatoms. The number of para-hydroxylation sites is 1. The number of halogens is 1. The Kier molecular flexibility index (Phi) is 4.25. The molecule has 1 aliphatic carbocycles. The maximum atomic E-state index is 14.0. The highest BCUT2D eigenvalue weighted by Gasteiger charge is 2.46. The number of ether oxygens (including phenoxy) is 1. The first kappa shape index (κ1) is 17.9.